The number of nitrogens with zero attached hydrogens (tertiary/aromatic N) is 4. The number of carbonyl (C=O) groups excluding carboxylic acids is 1. The third kappa shape index (κ3) is 4.89. The van der Waals surface area contributed by atoms with E-state index in [2.05, 4.69) is 10.2 Å². The Labute approximate surface area is 211 Å². The normalized spacial score (nSPS) is 19.2. The van der Waals surface area contributed by atoms with Gasteiger partial charge in [0.25, 0.3) is 0 Å². The molecule has 1 atom stereocenters. The number of urea groups is 1. The molecule has 1 saturated heterocycles. The highest BCUT2D eigenvalue weighted by atomic mass is 32.2. The van der Waals surface area contributed by atoms with Gasteiger partial charge < -0.3 is 10.1 Å². The molecule has 2 aromatic carbocycles. The lowest BCUT2D eigenvalue weighted by atomic mass is 9.99. The smallest absolute Gasteiger partial charge is 0.379 e. The Kier molecular flexibility index (Phi) is 6.97. The summed E-state index contributed by atoms with van der Waals surface area (Å²) in [5, 5.41) is 11.9. The molecule has 4 rings (SSSR count). The van der Waals surface area contributed by atoms with Crippen LogP contribution in [0.3, 0.4) is 0 Å². The van der Waals surface area contributed by atoms with Gasteiger partial charge in [0.2, 0.25) is 15.7 Å². The zero-order chi connectivity index (χ0) is 27.0. The van der Waals surface area contributed by atoms with Crippen molar-refractivity contribution < 1.29 is 31.1 Å². The van der Waals surface area contributed by atoms with Crippen molar-refractivity contribution in [2.75, 3.05) is 31.2 Å². The van der Waals surface area contributed by atoms with Gasteiger partial charge in [-0.25, -0.2) is 18.1 Å². The molecule has 1 fully saturated rings. The molecular formula is C24H20F3N5O4S. The number of carbonyl (C=O) groups is 1. The predicted octanol–water partition coefficient (Wildman–Crippen LogP) is 4.02. The van der Waals surface area contributed by atoms with E-state index in [1.165, 1.54) is 35.5 Å². The van der Waals surface area contributed by atoms with Crippen molar-refractivity contribution in [2.24, 2.45) is 0 Å². The highest BCUT2D eigenvalue weighted by Crippen LogP contribution is 2.39. The number of allylic oxidation sites excluding steroid dienone is 1. The quantitative estimate of drug-likeness (QED) is 0.600. The first kappa shape index (κ1) is 26.2. The third-order valence-corrected chi connectivity index (χ3v) is 8.00. The van der Waals surface area contributed by atoms with Crippen LogP contribution in [0.15, 0.2) is 58.8 Å². The zero-order valence-corrected chi connectivity index (χ0v) is 20.2. The molecule has 37 heavy (non-hydrogen) atoms. The summed E-state index contributed by atoms with van der Waals surface area (Å²) < 4.78 is 73.3. The first-order valence-electron chi connectivity index (χ1n) is 11.0. The summed E-state index contributed by atoms with van der Waals surface area (Å²) in [4.78, 5) is 17.4. The number of morpholine rings is 1. The van der Waals surface area contributed by atoms with E-state index in [-0.39, 0.29) is 59.4 Å². The number of nitriles is 1. The molecule has 0 bridgehead atoms. The van der Waals surface area contributed by atoms with Crippen molar-refractivity contribution >= 4 is 21.7 Å². The second-order valence-electron chi connectivity index (χ2n) is 8.23. The standard InChI is InChI=1S/C24H20F3N5O4S/c1-15-21(29-2)22(30-23(33)32(15)18-5-3-4-17(13-18)24(25,26)27)19-7-6-16(14-28)12-20(19)37(34,35)31-8-10-36-11-9-31/h3-7,12-13,22H,8-11H2,1H3,(H,30,33)/t22-/m1/s1. The van der Waals surface area contributed by atoms with Gasteiger partial charge in [-0.3, -0.25) is 4.90 Å². The van der Waals surface area contributed by atoms with E-state index in [0.717, 1.165) is 23.1 Å². The second kappa shape index (κ2) is 9.86. The first-order chi connectivity index (χ1) is 17.5. The number of nitrogens with one attached hydrogen (secondary N) is 1. The Bertz CT molecular complexity index is 1470. The molecular weight excluding hydrogens is 511 g/mol. The third-order valence-electron chi connectivity index (χ3n) is 6.04. The number of sulfonamides is 1. The van der Waals surface area contributed by atoms with Crippen LogP contribution >= 0.6 is 0 Å². The fraction of sp³-hybridized carbons (Fsp3) is 0.292. The predicted molar refractivity (Wildman–Crippen MR) is 125 cm³/mol. The van der Waals surface area contributed by atoms with Gasteiger partial charge in [-0.1, -0.05) is 12.1 Å². The van der Waals surface area contributed by atoms with Crippen LogP contribution in [0.2, 0.25) is 0 Å². The molecule has 13 heteroatoms. The maximum Gasteiger partial charge on any atom is 0.416 e. The van der Waals surface area contributed by atoms with Crippen molar-refractivity contribution in [1.29, 1.82) is 5.26 Å². The largest absolute Gasteiger partial charge is 0.416 e. The SMILES string of the molecule is [C-]#[N+]C1=C(C)N(c2cccc(C(F)(F)F)c2)C(=O)N[C@@H]1c1ccc(C#N)cc1S(=O)(=O)N1CCOCC1. The number of benzene rings is 2. The molecule has 1 N–H and O–H groups in total. The highest BCUT2D eigenvalue weighted by Gasteiger charge is 2.39. The highest BCUT2D eigenvalue weighted by molar-refractivity contribution is 7.89. The van der Waals surface area contributed by atoms with Crippen LogP contribution in [0.5, 0.6) is 0 Å². The first-order valence-corrected chi connectivity index (χ1v) is 12.4. The number of anilines is 1. The van der Waals surface area contributed by atoms with Gasteiger partial charge in [-0.2, -0.15) is 22.7 Å². The minimum atomic E-state index is -4.64. The van der Waals surface area contributed by atoms with Crippen molar-refractivity contribution in [3.8, 4) is 6.07 Å². The van der Waals surface area contributed by atoms with E-state index in [4.69, 9.17) is 11.3 Å². The fourth-order valence-electron chi connectivity index (χ4n) is 4.23. The molecule has 2 heterocycles. The number of hydrogen-bond acceptors (Lipinski definition) is 5. The molecule has 2 aromatic rings. The van der Waals surface area contributed by atoms with Gasteiger partial charge in [0.15, 0.2) is 0 Å². The molecule has 9 nitrogen and oxygen atoms in total. The van der Waals surface area contributed by atoms with Gasteiger partial charge >= 0.3 is 12.2 Å². The Morgan fingerprint density at radius 2 is 1.89 bits per heavy atom. The molecule has 192 valence electrons. The van der Waals surface area contributed by atoms with Crippen molar-refractivity contribution in [2.45, 2.75) is 24.0 Å². The lowest BCUT2D eigenvalue weighted by Gasteiger charge is -2.35. The monoisotopic (exact) mass is 531 g/mol. The number of alkyl halides is 3. The summed E-state index contributed by atoms with van der Waals surface area (Å²) >= 11 is 0. The summed E-state index contributed by atoms with van der Waals surface area (Å²) in [6.07, 6.45) is -4.64. The summed E-state index contributed by atoms with van der Waals surface area (Å²) in [6.45, 7) is 9.69. The van der Waals surface area contributed by atoms with E-state index in [1.54, 1.807) is 0 Å². The van der Waals surface area contributed by atoms with Crippen molar-refractivity contribution in [3.63, 3.8) is 0 Å². The molecule has 2 aliphatic heterocycles. The topological polar surface area (TPSA) is 107 Å². The Morgan fingerprint density at radius 3 is 2.51 bits per heavy atom. The summed E-state index contributed by atoms with van der Waals surface area (Å²) in [5.74, 6) is 0. The molecule has 2 aliphatic rings. The average Bonchev–Trinajstić information content (AvgIpc) is 2.88. The number of halogens is 3. The van der Waals surface area contributed by atoms with Gasteiger partial charge in [0, 0.05) is 24.5 Å². The summed E-state index contributed by atoms with van der Waals surface area (Å²) in [5.41, 5.74) is -0.989. The van der Waals surface area contributed by atoms with Crippen LogP contribution in [0.1, 0.15) is 29.7 Å². The second-order valence-corrected chi connectivity index (χ2v) is 10.1. The molecule has 2 amide bonds. The Morgan fingerprint density at radius 1 is 1.19 bits per heavy atom. The van der Waals surface area contributed by atoms with E-state index < -0.39 is 33.8 Å². The lowest BCUT2D eigenvalue weighted by Crippen LogP contribution is -2.47. The number of rotatable bonds is 4. The minimum absolute atomic E-state index is 0.0437. The van der Waals surface area contributed by atoms with Crippen molar-refractivity contribution in [1.82, 2.24) is 9.62 Å². The number of ether oxygens (including phenoxy) is 1. The maximum absolute atomic E-state index is 13.5. The van der Waals surface area contributed by atoms with E-state index in [9.17, 15) is 31.6 Å². The molecule has 0 saturated carbocycles. The minimum Gasteiger partial charge on any atom is -0.379 e. The van der Waals surface area contributed by atoms with Crippen LogP contribution in [-0.2, 0) is 20.9 Å². The average molecular weight is 532 g/mol. The van der Waals surface area contributed by atoms with Gasteiger partial charge in [-0.05, 0) is 42.8 Å². The summed E-state index contributed by atoms with van der Waals surface area (Å²) in [6, 6.07) is 7.85. The van der Waals surface area contributed by atoms with Gasteiger partial charge in [-0.15, -0.1) is 0 Å². The van der Waals surface area contributed by atoms with Gasteiger partial charge in [0.05, 0.1) is 47.9 Å². The summed E-state index contributed by atoms with van der Waals surface area (Å²) in [7, 11) is -4.14. The molecule has 0 spiro atoms. The fourth-order valence-corrected chi connectivity index (χ4v) is 5.89. The van der Waals surface area contributed by atoms with E-state index in [0.29, 0.717) is 0 Å². The maximum atomic E-state index is 13.5. The number of amides is 2. The van der Waals surface area contributed by atoms with Gasteiger partial charge in [0.1, 0.15) is 0 Å². The van der Waals surface area contributed by atoms with E-state index >= 15 is 0 Å². The van der Waals surface area contributed by atoms with Crippen LogP contribution in [-0.4, -0.2) is 45.1 Å². The van der Waals surface area contributed by atoms with E-state index in [1.807, 2.05) is 6.07 Å². The molecule has 0 radical (unpaired) electrons. The molecule has 0 unspecified atom stereocenters. The van der Waals surface area contributed by atoms with Crippen LogP contribution in [0.25, 0.3) is 4.85 Å². The Balaban J connectivity index is 1.84. The Hall–Kier alpha value is -3.91. The van der Waals surface area contributed by atoms with Crippen molar-refractivity contribution in [3.05, 3.63) is 82.0 Å². The molecule has 0 aromatic heterocycles. The molecule has 0 aliphatic carbocycles. The van der Waals surface area contributed by atoms with Crippen LogP contribution in [0, 0.1) is 17.9 Å². The number of hydrogen-bond donors (Lipinski definition) is 1. The zero-order valence-electron chi connectivity index (χ0n) is 19.4. The van der Waals surface area contributed by atoms with Crippen LogP contribution in [0.4, 0.5) is 23.7 Å². The lowest BCUT2D eigenvalue weighted by molar-refractivity contribution is -0.137. The van der Waals surface area contributed by atoms with Crippen LogP contribution < -0.4 is 10.2 Å².